The van der Waals surface area contributed by atoms with Crippen molar-refractivity contribution in [1.29, 1.82) is 0 Å². The number of carbonyl (C=O) groups excluding carboxylic acids is 1. The van der Waals surface area contributed by atoms with E-state index in [1.807, 2.05) is 25.1 Å². The molecule has 124 valence electrons. The SMILES string of the molecule is CC(N)CCC(=O)NCC1(c2cccc(Cl)c2)CCCC1.Cl. The van der Waals surface area contributed by atoms with Crippen molar-refractivity contribution >= 4 is 29.9 Å². The fourth-order valence-corrected chi connectivity index (χ4v) is 3.34. The van der Waals surface area contributed by atoms with Gasteiger partial charge in [0.15, 0.2) is 0 Å². The lowest BCUT2D eigenvalue weighted by atomic mass is 9.79. The fraction of sp³-hybridized carbons (Fsp3) is 0.588. The van der Waals surface area contributed by atoms with Crippen LogP contribution < -0.4 is 11.1 Å². The predicted octanol–water partition coefficient (Wildman–Crippen LogP) is 3.82. The van der Waals surface area contributed by atoms with Crippen LogP contribution in [0.3, 0.4) is 0 Å². The van der Waals surface area contributed by atoms with Gasteiger partial charge in [-0.3, -0.25) is 4.79 Å². The highest BCUT2D eigenvalue weighted by Gasteiger charge is 2.35. The van der Waals surface area contributed by atoms with E-state index in [2.05, 4.69) is 11.4 Å². The first-order valence-electron chi connectivity index (χ1n) is 7.80. The number of rotatable bonds is 6. The third kappa shape index (κ3) is 5.15. The molecule has 3 N–H and O–H groups in total. The molecule has 1 unspecified atom stereocenters. The number of hydrogen-bond donors (Lipinski definition) is 2. The molecule has 0 bridgehead atoms. The van der Waals surface area contributed by atoms with Gasteiger partial charge in [0.25, 0.3) is 0 Å². The molecule has 1 amide bonds. The van der Waals surface area contributed by atoms with Gasteiger partial charge < -0.3 is 11.1 Å². The molecule has 2 rings (SSSR count). The molecule has 1 atom stereocenters. The summed E-state index contributed by atoms with van der Waals surface area (Å²) >= 11 is 6.13. The van der Waals surface area contributed by atoms with Gasteiger partial charge >= 0.3 is 0 Å². The van der Waals surface area contributed by atoms with Crippen molar-refractivity contribution in [2.45, 2.75) is 56.9 Å². The number of benzene rings is 1. The number of carbonyl (C=O) groups is 1. The summed E-state index contributed by atoms with van der Waals surface area (Å²) in [5, 5.41) is 3.87. The Balaban J connectivity index is 0.00000242. The van der Waals surface area contributed by atoms with Crippen LogP contribution in [0.5, 0.6) is 0 Å². The van der Waals surface area contributed by atoms with E-state index in [0.29, 0.717) is 13.0 Å². The van der Waals surface area contributed by atoms with Crippen LogP contribution in [0.1, 0.15) is 51.0 Å². The molecule has 1 aliphatic rings. The molecule has 0 radical (unpaired) electrons. The zero-order valence-electron chi connectivity index (χ0n) is 13.1. The molecule has 0 aliphatic heterocycles. The quantitative estimate of drug-likeness (QED) is 0.824. The second-order valence-corrected chi connectivity index (χ2v) is 6.73. The first-order valence-corrected chi connectivity index (χ1v) is 8.18. The topological polar surface area (TPSA) is 55.1 Å². The molecule has 0 spiro atoms. The van der Waals surface area contributed by atoms with Crippen molar-refractivity contribution in [3.63, 3.8) is 0 Å². The van der Waals surface area contributed by atoms with Crippen LogP contribution in [-0.4, -0.2) is 18.5 Å². The standard InChI is InChI=1S/C17H25ClN2O.ClH/c1-13(19)7-8-16(21)20-12-17(9-2-3-10-17)14-5-4-6-15(18)11-14;/h4-6,11,13H,2-3,7-10,12,19H2,1H3,(H,20,21);1H. The molecular formula is C17H26Cl2N2O. The van der Waals surface area contributed by atoms with E-state index in [0.717, 1.165) is 24.3 Å². The van der Waals surface area contributed by atoms with Crippen LogP contribution in [0.4, 0.5) is 0 Å². The molecular weight excluding hydrogens is 319 g/mol. The van der Waals surface area contributed by atoms with Crippen molar-refractivity contribution in [1.82, 2.24) is 5.32 Å². The minimum absolute atomic E-state index is 0. The van der Waals surface area contributed by atoms with E-state index in [4.69, 9.17) is 17.3 Å². The van der Waals surface area contributed by atoms with Gasteiger partial charge in [-0.15, -0.1) is 12.4 Å². The molecule has 1 fully saturated rings. The maximum atomic E-state index is 12.0. The summed E-state index contributed by atoms with van der Waals surface area (Å²) in [4.78, 5) is 12.0. The van der Waals surface area contributed by atoms with Crippen molar-refractivity contribution in [2.75, 3.05) is 6.54 Å². The van der Waals surface area contributed by atoms with Crippen LogP contribution in [0.15, 0.2) is 24.3 Å². The molecule has 1 saturated carbocycles. The average Bonchev–Trinajstić information content (AvgIpc) is 2.93. The van der Waals surface area contributed by atoms with Gasteiger partial charge in [0.1, 0.15) is 0 Å². The Morgan fingerprint density at radius 2 is 2.09 bits per heavy atom. The summed E-state index contributed by atoms with van der Waals surface area (Å²) in [5.74, 6) is 0.0978. The van der Waals surface area contributed by atoms with Gasteiger partial charge in [-0.2, -0.15) is 0 Å². The summed E-state index contributed by atoms with van der Waals surface area (Å²) in [6.07, 6.45) is 5.88. The van der Waals surface area contributed by atoms with E-state index < -0.39 is 0 Å². The first kappa shape index (κ1) is 19.3. The zero-order chi connectivity index (χ0) is 15.3. The van der Waals surface area contributed by atoms with Gasteiger partial charge in [-0.1, -0.05) is 36.6 Å². The largest absolute Gasteiger partial charge is 0.355 e. The highest BCUT2D eigenvalue weighted by Crippen LogP contribution is 2.41. The summed E-state index contributed by atoms with van der Waals surface area (Å²) in [7, 11) is 0. The van der Waals surface area contributed by atoms with Crippen LogP contribution >= 0.6 is 24.0 Å². The Morgan fingerprint density at radius 3 is 2.68 bits per heavy atom. The Labute approximate surface area is 144 Å². The second kappa shape index (κ2) is 8.76. The first-order chi connectivity index (χ1) is 10.0. The van der Waals surface area contributed by atoms with E-state index >= 15 is 0 Å². The summed E-state index contributed by atoms with van der Waals surface area (Å²) < 4.78 is 0. The molecule has 1 aromatic rings. The normalized spacial score (nSPS) is 17.6. The van der Waals surface area contributed by atoms with Crippen molar-refractivity contribution < 1.29 is 4.79 Å². The van der Waals surface area contributed by atoms with E-state index in [1.54, 1.807) is 0 Å². The number of hydrogen-bond acceptors (Lipinski definition) is 2. The van der Waals surface area contributed by atoms with Crippen molar-refractivity contribution in [3.8, 4) is 0 Å². The van der Waals surface area contributed by atoms with Gasteiger partial charge in [-0.05, 0) is 43.9 Å². The third-order valence-corrected chi connectivity index (χ3v) is 4.68. The third-order valence-electron chi connectivity index (χ3n) is 4.45. The lowest BCUT2D eigenvalue weighted by Crippen LogP contribution is -2.39. The maximum Gasteiger partial charge on any atom is 0.220 e. The van der Waals surface area contributed by atoms with Gasteiger partial charge in [0.2, 0.25) is 5.91 Å². The smallest absolute Gasteiger partial charge is 0.220 e. The minimum Gasteiger partial charge on any atom is -0.355 e. The van der Waals surface area contributed by atoms with E-state index in [1.165, 1.54) is 18.4 Å². The molecule has 0 saturated heterocycles. The summed E-state index contributed by atoms with van der Waals surface area (Å²) in [6.45, 7) is 2.63. The number of halogens is 2. The number of amides is 1. The van der Waals surface area contributed by atoms with Crippen LogP contribution in [0.25, 0.3) is 0 Å². The van der Waals surface area contributed by atoms with Crippen LogP contribution in [-0.2, 0) is 10.2 Å². The number of nitrogens with two attached hydrogens (primary N) is 1. The van der Waals surface area contributed by atoms with Crippen LogP contribution in [0, 0.1) is 0 Å². The molecule has 5 heteroatoms. The lowest BCUT2D eigenvalue weighted by molar-refractivity contribution is -0.121. The Kier molecular flexibility index (Phi) is 7.67. The highest BCUT2D eigenvalue weighted by molar-refractivity contribution is 6.30. The molecule has 1 aliphatic carbocycles. The lowest BCUT2D eigenvalue weighted by Gasteiger charge is -2.30. The summed E-state index contributed by atoms with van der Waals surface area (Å²) in [5.41, 5.74) is 7.00. The molecule has 22 heavy (non-hydrogen) atoms. The molecule has 0 heterocycles. The highest BCUT2D eigenvalue weighted by atomic mass is 35.5. The van der Waals surface area contributed by atoms with Crippen LogP contribution in [0.2, 0.25) is 5.02 Å². The fourth-order valence-electron chi connectivity index (χ4n) is 3.15. The van der Waals surface area contributed by atoms with Gasteiger partial charge in [0, 0.05) is 29.4 Å². The molecule has 0 aromatic heterocycles. The Morgan fingerprint density at radius 1 is 1.41 bits per heavy atom. The second-order valence-electron chi connectivity index (χ2n) is 6.29. The van der Waals surface area contributed by atoms with Crippen molar-refractivity contribution in [3.05, 3.63) is 34.9 Å². The van der Waals surface area contributed by atoms with Gasteiger partial charge in [-0.25, -0.2) is 0 Å². The predicted molar refractivity (Wildman–Crippen MR) is 94.7 cm³/mol. The zero-order valence-corrected chi connectivity index (χ0v) is 14.7. The monoisotopic (exact) mass is 344 g/mol. The molecule has 1 aromatic carbocycles. The Hall–Kier alpha value is -0.770. The average molecular weight is 345 g/mol. The van der Waals surface area contributed by atoms with E-state index in [-0.39, 0.29) is 29.8 Å². The minimum atomic E-state index is 0. The van der Waals surface area contributed by atoms with E-state index in [9.17, 15) is 4.79 Å². The summed E-state index contributed by atoms with van der Waals surface area (Å²) in [6, 6.07) is 8.14. The van der Waals surface area contributed by atoms with Gasteiger partial charge in [0.05, 0.1) is 0 Å². The van der Waals surface area contributed by atoms with Crippen molar-refractivity contribution in [2.24, 2.45) is 5.73 Å². The number of nitrogens with one attached hydrogen (secondary N) is 1. The Bertz CT molecular complexity index is 485. The maximum absolute atomic E-state index is 12.0. The molecule has 3 nitrogen and oxygen atoms in total.